The number of anilines is 1. The molecule has 0 saturated carbocycles. The predicted molar refractivity (Wildman–Crippen MR) is 80.9 cm³/mol. The van der Waals surface area contributed by atoms with Crippen LogP contribution in [0.15, 0.2) is 29.2 Å². The highest BCUT2D eigenvalue weighted by Gasteiger charge is 2.01. The smallest absolute Gasteiger partial charge is 0.319 e. The van der Waals surface area contributed by atoms with E-state index in [1.165, 1.54) is 0 Å². The van der Waals surface area contributed by atoms with Crippen molar-refractivity contribution in [1.29, 1.82) is 0 Å². The summed E-state index contributed by atoms with van der Waals surface area (Å²) in [4.78, 5) is 12.8. The molecule has 2 amide bonds. The van der Waals surface area contributed by atoms with Gasteiger partial charge in [-0.2, -0.15) is 0 Å². The van der Waals surface area contributed by atoms with Crippen molar-refractivity contribution in [3.05, 3.63) is 24.3 Å². The second-order valence-electron chi connectivity index (χ2n) is 4.39. The van der Waals surface area contributed by atoms with Crippen LogP contribution in [0, 0.1) is 0 Å². The van der Waals surface area contributed by atoms with Crippen LogP contribution in [-0.2, 0) is 4.74 Å². The Morgan fingerprint density at radius 3 is 2.89 bits per heavy atom. The number of carbonyl (C=O) groups excluding carboxylic acids is 1. The van der Waals surface area contributed by atoms with Crippen LogP contribution >= 0.6 is 11.8 Å². The average Bonchev–Trinajstić information content (AvgIpc) is 2.38. The van der Waals surface area contributed by atoms with Crippen molar-refractivity contribution in [1.82, 2.24) is 5.32 Å². The molecule has 4 nitrogen and oxygen atoms in total. The molecule has 0 unspecified atom stereocenters. The molecule has 19 heavy (non-hydrogen) atoms. The number of benzene rings is 1. The van der Waals surface area contributed by atoms with Gasteiger partial charge in [-0.15, -0.1) is 11.8 Å². The monoisotopic (exact) mass is 282 g/mol. The molecule has 1 aromatic rings. The summed E-state index contributed by atoms with van der Waals surface area (Å²) >= 11 is 1.65. The fourth-order valence-corrected chi connectivity index (χ4v) is 1.93. The third-order valence-electron chi connectivity index (χ3n) is 2.39. The first kappa shape index (κ1) is 15.9. The quantitative estimate of drug-likeness (QED) is 0.595. The Labute approximate surface area is 119 Å². The van der Waals surface area contributed by atoms with E-state index < -0.39 is 0 Å². The van der Waals surface area contributed by atoms with E-state index in [4.69, 9.17) is 4.74 Å². The molecular formula is C14H22N2O2S. The number of hydrogen-bond donors (Lipinski definition) is 2. The predicted octanol–water partition coefficient (Wildman–Crippen LogP) is 3.35. The van der Waals surface area contributed by atoms with E-state index in [-0.39, 0.29) is 12.1 Å². The molecule has 0 aromatic heterocycles. The van der Waals surface area contributed by atoms with Gasteiger partial charge in [-0.25, -0.2) is 4.79 Å². The highest BCUT2D eigenvalue weighted by atomic mass is 32.2. The minimum Gasteiger partial charge on any atom is -0.379 e. The standard InChI is InChI=1S/C14H22N2O2S/c1-11(2)18-9-5-8-15-14(17)16-12-6-4-7-13(10-12)19-3/h4,6-7,10-11H,5,8-9H2,1-3H3,(H2,15,16,17). The molecule has 0 aliphatic carbocycles. The number of thioether (sulfide) groups is 1. The van der Waals surface area contributed by atoms with Crippen LogP contribution in [0.2, 0.25) is 0 Å². The summed E-state index contributed by atoms with van der Waals surface area (Å²) in [6.07, 6.45) is 3.06. The zero-order valence-corrected chi connectivity index (χ0v) is 12.5. The van der Waals surface area contributed by atoms with Crippen LogP contribution in [0.5, 0.6) is 0 Å². The van der Waals surface area contributed by atoms with Gasteiger partial charge in [0.15, 0.2) is 0 Å². The fraction of sp³-hybridized carbons (Fsp3) is 0.500. The van der Waals surface area contributed by atoms with Crippen molar-refractivity contribution in [3.63, 3.8) is 0 Å². The summed E-state index contributed by atoms with van der Waals surface area (Å²) in [5.41, 5.74) is 0.808. The van der Waals surface area contributed by atoms with E-state index in [1.807, 2.05) is 44.4 Å². The molecule has 2 N–H and O–H groups in total. The second-order valence-corrected chi connectivity index (χ2v) is 5.27. The van der Waals surface area contributed by atoms with Crippen molar-refractivity contribution in [3.8, 4) is 0 Å². The summed E-state index contributed by atoms with van der Waals surface area (Å²) in [6, 6.07) is 7.59. The molecule has 0 saturated heterocycles. The number of carbonyl (C=O) groups is 1. The highest BCUT2D eigenvalue weighted by molar-refractivity contribution is 7.98. The normalized spacial score (nSPS) is 10.5. The lowest BCUT2D eigenvalue weighted by Crippen LogP contribution is -2.30. The van der Waals surface area contributed by atoms with Crippen LogP contribution in [0.1, 0.15) is 20.3 Å². The van der Waals surface area contributed by atoms with Crippen LogP contribution in [-0.4, -0.2) is 31.5 Å². The zero-order chi connectivity index (χ0) is 14.1. The summed E-state index contributed by atoms with van der Waals surface area (Å²) in [7, 11) is 0. The van der Waals surface area contributed by atoms with E-state index in [0.29, 0.717) is 13.2 Å². The van der Waals surface area contributed by atoms with Crippen molar-refractivity contribution in [2.24, 2.45) is 0 Å². The van der Waals surface area contributed by atoms with Gasteiger partial charge >= 0.3 is 6.03 Å². The number of urea groups is 1. The van der Waals surface area contributed by atoms with Crippen LogP contribution in [0.3, 0.4) is 0 Å². The lowest BCUT2D eigenvalue weighted by atomic mass is 10.3. The molecule has 106 valence electrons. The van der Waals surface area contributed by atoms with Crippen molar-refractivity contribution >= 4 is 23.5 Å². The van der Waals surface area contributed by atoms with Crippen LogP contribution < -0.4 is 10.6 Å². The Kier molecular flexibility index (Phi) is 7.36. The molecule has 0 aliphatic rings. The Morgan fingerprint density at radius 1 is 1.42 bits per heavy atom. The molecule has 0 radical (unpaired) electrons. The third-order valence-corrected chi connectivity index (χ3v) is 3.11. The molecule has 0 spiro atoms. The van der Waals surface area contributed by atoms with Gasteiger partial charge in [0.1, 0.15) is 0 Å². The topological polar surface area (TPSA) is 50.4 Å². The maximum absolute atomic E-state index is 11.6. The zero-order valence-electron chi connectivity index (χ0n) is 11.7. The van der Waals surface area contributed by atoms with Gasteiger partial charge in [0.05, 0.1) is 6.10 Å². The Hall–Kier alpha value is -1.20. The Balaban J connectivity index is 2.23. The van der Waals surface area contributed by atoms with Gasteiger partial charge in [0.2, 0.25) is 0 Å². The van der Waals surface area contributed by atoms with Gasteiger partial charge in [-0.1, -0.05) is 6.07 Å². The number of nitrogens with one attached hydrogen (secondary N) is 2. The molecule has 0 atom stereocenters. The van der Waals surface area contributed by atoms with Crippen LogP contribution in [0.25, 0.3) is 0 Å². The van der Waals surface area contributed by atoms with Crippen LogP contribution in [0.4, 0.5) is 10.5 Å². The summed E-state index contributed by atoms with van der Waals surface area (Å²) in [5, 5.41) is 5.62. The van der Waals surface area contributed by atoms with Gasteiger partial charge < -0.3 is 15.4 Å². The van der Waals surface area contributed by atoms with E-state index in [1.54, 1.807) is 11.8 Å². The molecule has 5 heteroatoms. The van der Waals surface area contributed by atoms with E-state index in [2.05, 4.69) is 10.6 Å². The number of amides is 2. The molecule has 0 fully saturated rings. The minimum absolute atomic E-state index is 0.178. The maximum atomic E-state index is 11.6. The van der Waals surface area contributed by atoms with Gasteiger partial charge in [-0.05, 0) is 44.7 Å². The minimum atomic E-state index is -0.178. The number of rotatable bonds is 7. The number of hydrogen-bond acceptors (Lipinski definition) is 3. The first-order chi connectivity index (χ1) is 9.11. The SMILES string of the molecule is CSc1cccc(NC(=O)NCCCOC(C)C)c1. The fourth-order valence-electron chi connectivity index (χ4n) is 1.47. The van der Waals surface area contributed by atoms with Gasteiger partial charge in [-0.3, -0.25) is 0 Å². The van der Waals surface area contributed by atoms with E-state index >= 15 is 0 Å². The average molecular weight is 282 g/mol. The largest absolute Gasteiger partial charge is 0.379 e. The summed E-state index contributed by atoms with van der Waals surface area (Å²) in [5.74, 6) is 0. The first-order valence-electron chi connectivity index (χ1n) is 6.42. The second kappa shape index (κ2) is 8.82. The summed E-state index contributed by atoms with van der Waals surface area (Å²) < 4.78 is 5.40. The Morgan fingerprint density at radius 2 is 2.21 bits per heavy atom. The molecule has 1 aromatic carbocycles. The lowest BCUT2D eigenvalue weighted by molar-refractivity contribution is 0.0775. The molecule has 0 bridgehead atoms. The number of ether oxygens (including phenoxy) is 1. The van der Waals surface area contributed by atoms with Crippen molar-refractivity contribution in [2.45, 2.75) is 31.3 Å². The molecule has 1 rings (SSSR count). The third kappa shape index (κ3) is 7.08. The van der Waals surface area contributed by atoms with E-state index in [0.717, 1.165) is 17.0 Å². The van der Waals surface area contributed by atoms with Crippen molar-refractivity contribution < 1.29 is 9.53 Å². The molecule has 0 heterocycles. The van der Waals surface area contributed by atoms with Crippen molar-refractivity contribution in [2.75, 3.05) is 24.7 Å². The van der Waals surface area contributed by atoms with Gasteiger partial charge in [0, 0.05) is 23.7 Å². The maximum Gasteiger partial charge on any atom is 0.319 e. The highest BCUT2D eigenvalue weighted by Crippen LogP contribution is 2.18. The molecule has 0 aliphatic heterocycles. The van der Waals surface area contributed by atoms with E-state index in [9.17, 15) is 4.79 Å². The molecular weight excluding hydrogens is 260 g/mol. The summed E-state index contributed by atoms with van der Waals surface area (Å²) in [6.45, 7) is 5.28. The Bertz CT molecular complexity index is 397. The first-order valence-corrected chi connectivity index (χ1v) is 7.65. The van der Waals surface area contributed by atoms with Gasteiger partial charge in [0.25, 0.3) is 0 Å². The lowest BCUT2D eigenvalue weighted by Gasteiger charge is -2.09.